The van der Waals surface area contributed by atoms with Crippen LogP contribution in [0, 0.1) is 0 Å². The molecule has 2 N–H and O–H groups in total. The molecule has 2 rings (SSSR count). The maximum Gasteiger partial charge on any atom is 0.461 e. The molecule has 0 aliphatic rings. The van der Waals surface area contributed by atoms with Crippen LogP contribution in [0.15, 0.2) is 12.1 Å². The third-order valence-electron chi connectivity index (χ3n) is 2.99. The third-order valence-corrected chi connectivity index (χ3v) is 3.39. The van der Waals surface area contributed by atoms with E-state index < -0.39 is 40.8 Å². The topological polar surface area (TPSA) is 111 Å². The zero-order valence-electron chi connectivity index (χ0n) is 13.6. The summed E-state index contributed by atoms with van der Waals surface area (Å²) in [4.78, 5) is 23.6. The number of ether oxygens (including phenoxy) is 1. The molecule has 0 aliphatic heterocycles. The Morgan fingerprint density at radius 1 is 1.30 bits per heavy atom. The van der Waals surface area contributed by atoms with Crippen LogP contribution in [0.1, 0.15) is 17.3 Å². The second-order valence-electron chi connectivity index (χ2n) is 5.03. The first kappa shape index (κ1) is 20.4. The van der Waals surface area contributed by atoms with Crippen LogP contribution in [-0.2, 0) is 11.8 Å². The Balaban J connectivity index is 2.42. The molecule has 0 fully saturated rings. The molecule has 9 nitrogen and oxygen atoms in total. The molecule has 2 aromatic rings. The first-order valence-corrected chi connectivity index (χ1v) is 7.39. The molecule has 0 atom stereocenters. The minimum Gasteiger partial charge on any atom is -0.426 e. The van der Waals surface area contributed by atoms with Crippen molar-refractivity contribution in [3.8, 4) is 5.75 Å². The number of nitrogens with one attached hydrogen (secondary N) is 2. The van der Waals surface area contributed by atoms with Crippen LogP contribution >= 0.6 is 11.6 Å². The summed E-state index contributed by atoms with van der Waals surface area (Å²) in [5.74, 6) is -2.52. The van der Waals surface area contributed by atoms with Crippen molar-refractivity contribution < 1.29 is 31.9 Å². The van der Waals surface area contributed by atoms with Crippen LogP contribution in [0.4, 0.5) is 29.2 Å². The van der Waals surface area contributed by atoms with Gasteiger partial charge in [0, 0.05) is 14.0 Å². The lowest BCUT2D eigenvalue weighted by molar-refractivity contribution is -0.252. The Labute approximate surface area is 153 Å². The lowest BCUT2D eigenvalue weighted by Crippen LogP contribution is -2.34. The largest absolute Gasteiger partial charge is 0.461 e. The molecule has 0 radical (unpaired) electrons. The van der Waals surface area contributed by atoms with E-state index >= 15 is 0 Å². The summed E-state index contributed by atoms with van der Waals surface area (Å²) < 4.78 is 56.3. The van der Waals surface area contributed by atoms with Gasteiger partial charge in [-0.1, -0.05) is 16.7 Å². The zero-order valence-corrected chi connectivity index (χ0v) is 14.4. The minimum absolute atomic E-state index is 0.0540. The number of aromatic nitrogens is 4. The predicted octanol–water partition coefficient (Wildman–Crippen LogP) is 2.31. The van der Waals surface area contributed by atoms with Crippen molar-refractivity contribution in [2.24, 2.45) is 7.05 Å². The van der Waals surface area contributed by atoms with Gasteiger partial charge in [0.05, 0.1) is 10.6 Å². The third kappa shape index (κ3) is 4.61. The van der Waals surface area contributed by atoms with Crippen LogP contribution in [0.2, 0.25) is 5.02 Å². The summed E-state index contributed by atoms with van der Waals surface area (Å²) in [7, 11) is 1.43. The number of halogens is 5. The first-order valence-electron chi connectivity index (χ1n) is 7.01. The van der Waals surface area contributed by atoms with E-state index in [9.17, 15) is 27.2 Å². The number of aryl methyl sites for hydroxylation is 1. The molecule has 1 aromatic carbocycles. The standard InChI is InChI=1S/C13H11ClF4N6O3/c1-5(25)19-9-7(27-13(17,18)11(15)16)4-3-6(8(9)14)10(26)20-12-21-22-23-24(12)2/h3-4,11H,1-2H3,(H,19,25)(H,20,21,23,26). The number of benzene rings is 1. The fraction of sp³-hybridized carbons (Fsp3) is 0.308. The average molecular weight is 411 g/mol. The molecule has 146 valence electrons. The lowest BCUT2D eigenvalue weighted by Gasteiger charge is -2.20. The first-order chi connectivity index (χ1) is 12.5. The van der Waals surface area contributed by atoms with Crippen molar-refractivity contribution in [2.45, 2.75) is 19.5 Å². The second-order valence-corrected chi connectivity index (χ2v) is 5.40. The van der Waals surface area contributed by atoms with Gasteiger partial charge >= 0.3 is 12.5 Å². The number of carbonyl (C=O) groups is 2. The van der Waals surface area contributed by atoms with Gasteiger partial charge in [-0.25, -0.2) is 4.68 Å². The van der Waals surface area contributed by atoms with E-state index in [0.29, 0.717) is 0 Å². The van der Waals surface area contributed by atoms with Crippen molar-refractivity contribution in [3.05, 3.63) is 22.7 Å². The Hall–Kier alpha value is -2.96. The Bertz CT molecular complexity index is 876. The molecule has 14 heteroatoms. The highest BCUT2D eigenvalue weighted by atomic mass is 35.5. The van der Waals surface area contributed by atoms with Crippen LogP contribution < -0.4 is 15.4 Å². The Morgan fingerprint density at radius 3 is 2.48 bits per heavy atom. The average Bonchev–Trinajstić information content (AvgIpc) is 2.95. The summed E-state index contributed by atoms with van der Waals surface area (Å²) in [6.45, 7) is 1.02. The minimum atomic E-state index is -4.84. The van der Waals surface area contributed by atoms with Crippen molar-refractivity contribution in [1.82, 2.24) is 20.2 Å². The van der Waals surface area contributed by atoms with Gasteiger partial charge in [0.15, 0.2) is 5.75 Å². The van der Waals surface area contributed by atoms with Crippen LogP contribution in [0.5, 0.6) is 5.75 Å². The van der Waals surface area contributed by atoms with Gasteiger partial charge in [-0.3, -0.25) is 14.9 Å². The van der Waals surface area contributed by atoms with E-state index in [2.05, 4.69) is 30.9 Å². The van der Waals surface area contributed by atoms with E-state index in [0.717, 1.165) is 23.7 Å². The predicted molar refractivity (Wildman–Crippen MR) is 84.1 cm³/mol. The second kappa shape index (κ2) is 7.73. The molecule has 0 unspecified atom stereocenters. The van der Waals surface area contributed by atoms with Gasteiger partial charge in [-0.2, -0.15) is 17.6 Å². The molecule has 1 aromatic heterocycles. The van der Waals surface area contributed by atoms with Crippen molar-refractivity contribution in [3.63, 3.8) is 0 Å². The normalized spacial score (nSPS) is 11.4. The number of anilines is 2. The quantitative estimate of drug-likeness (QED) is 0.707. The lowest BCUT2D eigenvalue weighted by atomic mass is 10.1. The maximum atomic E-state index is 13.2. The number of alkyl halides is 4. The Kier molecular flexibility index (Phi) is 5.83. The highest BCUT2D eigenvalue weighted by molar-refractivity contribution is 6.37. The highest BCUT2D eigenvalue weighted by Crippen LogP contribution is 2.39. The molecule has 0 saturated carbocycles. The number of nitrogens with zero attached hydrogens (tertiary/aromatic N) is 4. The van der Waals surface area contributed by atoms with E-state index in [4.69, 9.17) is 11.6 Å². The highest BCUT2D eigenvalue weighted by Gasteiger charge is 2.44. The van der Waals surface area contributed by atoms with E-state index in [1.807, 2.05) is 0 Å². The van der Waals surface area contributed by atoms with Crippen LogP contribution in [0.25, 0.3) is 0 Å². The van der Waals surface area contributed by atoms with Gasteiger partial charge in [0.2, 0.25) is 11.9 Å². The fourth-order valence-corrected chi connectivity index (χ4v) is 2.10. The molecule has 0 saturated heterocycles. The number of amides is 2. The molecular weight excluding hydrogens is 400 g/mol. The summed E-state index contributed by atoms with van der Waals surface area (Å²) in [6.07, 6.45) is -8.97. The van der Waals surface area contributed by atoms with Gasteiger partial charge in [0.25, 0.3) is 5.91 Å². The summed E-state index contributed by atoms with van der Waals surface area (Å²) in [5.41, 5.74) is -0.857. The number of rotatable bonds is 6. The number of tetrazole rings is 1. The summed E-state index contributed by atoms with van der Waals surface area (Å²) in [6, 6.07) is 1.74. The van der Waals surface area contributed by atoms with Gasteiger partial charge in [-0.15, -0.1) is 0 Å². The smallest absolute Gasteiger partial charge is 0.426 e. The molecule has 0 spiro atoms. The molecule has 0 aliphatic carbocycles. The number of hydrogen-bond donors (Lipinski definition) is 2. The van der Waals surface area contributed by atoms with Gasteiger partial charge in [0.1, 0.15) is 5.69 Å². The fourth-order valence-electron chi connectivity index (χ4n) is 1.81. The molecular formula is C13H11ClF4N6O3. The SMILES string of the molecule is CC(=O)Nc1c(OC(F)(F)C(F)F)ccc(C(=O)Nc2nnnn2C)c1Cl. The van der Waals surface area contributed by atoms with E-state index in [1.54, 1.807) is 0 Å². The van der Waals surface area contributed by atoms with Crippen molar-refractivity contribution in [1.29, 1.82) is 0 Å². The molecule has 0 bridgehead atoms. The summed E-state index contributed by atoms with van der Waals surface area (Å²) in [5, 5.41) is 14.2. The van der Waals surface area contributed by atoms with Crippen molar-refractivity contribution >= 4 is 35.1 Å². The zero-order chi connectivity index (χ0) is 20.4. The van der Waals surface area contributed by atoms with Gasteiger partial charge < -0.3 is 10.1 Å². The van der Waals surface area contributed by atoms with E-state index in [1.165, 1.54) is 7.05 Å². The Morgan fingerprint density at radius 2 is 1.96 bits per heavy atom. The van der Waals surface area contributed by atoms with Gasteiger partial charge in [-0.05, 0) is 22.6 Å². The summed E-state index contributed by atoms with van der Waals surface area (Å²) >= 11 is 5.99. The van der Waals surface area contributed by atoms with Crippen LogP contribution in [0.3, 0.4) is 0 Å². The van der Waals surface area contributed by atoms with Crippen molar-refractivity contribution in [2.75, 3.05) is 10.6 Å². The number of hydrogen-bond acceptors (Lipinski definition) is 6. The molecule has 2 amide bonds. The molecule has 27 heavy (non-hydrogen) atoms. The maximum absolute atomic E-state index is 13.2. The van der Waals surface area contributed by atoms with E-state index in [-0.39, 0.29) is 11.5 Å². The number of carbonyl (C=O) groups excluding carboxylic acids is 2. The van der Waals surface area contributed by atoms with Crippen LogP contribution in [-0.4, -0.2) is 44.6 Å². The monoisotopic (exact) mass is 410 g/mol. The molecule has 1 heterocycles.